The van der Waals surface area contributed by atoms with Crippen LogP contribution in [0.5, 0.6) is 0 Å². The van der Waals surface area contributed by atoms with Gasteiger partial charge < -0.3 is 20.8 Å². The Hall–Kier alpha value is -0.720. The van der Waals surface area contributed by atoms with Gasteiger partial charge in [0.1, 0.15) is 0 Å². The molecule has 0 aromatic rings. The van der Waals surface area contributed by atoms with Gasteiger partial charge in [0.2, 0.25) is 5.91 Å². The van der Waals surface area contributed by atoms with Crippen molar-refractivity contribution in [1.82, 2.24) is 4.90 Å². The van der Waals surface area contributed by atoms with Crippen molar-refractivity contribution < 1.29 is 15.0 Å². The van der Waals surface area contributed by atoms with Crippen molar-refractivity contribution in [3.8, 4) is 0 Å². The van der Waals surface area contributed by atoms with Crippen LogP contribution in [0.25, 0.3) is 0 Å². The number of aliphatic hydroxyl groups is 2. The summed E-state index contributed by atoms with van der Waals surface area (Å²) in [5.74, 6) is -0.696. The van der Waals surface area contributed by atoms with E-state index in [0.717, 1.165) is 0 Å². The zero-order valence-corrected chi connectivity index (χ0v) is 9.41. The zero-order valence-electron chi connectivity index (χ0n) is 8.59. The molecule has 86 valence electrons. The summed E-state index contributed by atoms with van der Waals surface area (Å²) in [4.78, 5) is 13.4. The van der Waals surface area contributed by atoms with E-state index in [0.29, 0.717) is 6.42 Å². The maximum Gasteiger partial charge on any atom is 0.232 e. The van der Waals surface area contributed by atoms with Crippen LogP contribution >= 0.6 is 12.2 Å². The molecule has 1 saturated heterocycles. The van der Waals surface area contributed by atoms with Crippen molar-refractivity contribution in [2.45, 2.75) is 25.6 Å². The summed E-state index contributed by atoms with van der Waals surface area (Å²) in [7, 11) is 0. The van der Waals surface area contributed by atoms with Gasteiger partial charge in [0, 0.05) is 13.1 Å². The fourth-order valence-corrected chi connectivity index (χ4v) is 1.93. The van der Waals surface area contributed by atoms with Crippen molar-refractivity contribution in [1.29, 1.82) is 0 Å². The Morgan fingerprint density at radius 2 is 2.00 bits per heavy atom. The highest BCUT2D eigenvalue weighted by molar-refractivity contribution is 7.80. The minimum absolute atomic E-state index is 0.152. The molecule has 1 rings (SSSR count). The summed E-state index contributed by atoms with van der Waals surface area (Å²) in [5.41, 5.74) is 5.44. The molecule has 6 heteroatoms. The van der Waals surface area contributed by atoms with Crippen molar-refractivity contribution in [2.24, 2.45) is 11.7 Å². The number of likely N-dealkylation sites (tertiary alicyclic amines) is 1. The van der Waals surface area contributed by atoms with E-state index in [-0.39, 0.29) is 24.0 Å². The Bertz CT molecular complexity index is 262. The second-order valence-electron chi connectivity index (χ2n) is 3.74. The molecular weight excluding hydrogens is 216 g/mol. The van der Waals surface area contributed by atoms with E-state index in [1.807, 2.05) is 6.92 Å². The first-order valence-electron chi connectivity index (χ1n) is 4.91. The van der Waals surface area contributed by atoms with Crippen molar-refractivity contribution >= 4 is 23.1 Å². The molecule has 4 N–H and O–H groups in total. The van der Waals surface area contributed by atoms with E-state index >= 15 is 0 Å². The Balaban J connectivity index is 2.65. The molecule has 0 spiro atoms. The van der Waals surface area contributed by atoms with Gasteiger partial charge in [-0.2, -0.15) is 0 Å². The molecule has 1 fully saturated rings. The van der Waals surface area contributed by atoms with Gasteiger partial charge in [-0.15, -0.1) is 0 Å². The van der Waals surface area contributed by atoms with E-state index in [1.54, 1.807) is 0 Å². The number of amides is 1. The largest absolute Gasteiger partial charge is 0.393 e. The minimum atomic E-state index is -0.863. The fraction of sp³-hybridized carbons (Fsp3) is 0.778. The summed E-state index contributed by atoms with van der Waals surface area (Å²) in [6.45, 7) is 2.13. The highest BCUT2D eigenvalue weighted by Crippen LogP contribution is 2.15. The average Bonchev–Trinajstić information content (AvgIpc) is 2.47. The normalized spacial score (nSPS) is 27.8. The van der Waals surface area contributed by atoms with Crippen LogP contribution in [0.4, 0.5) is 0 Å². The number of rotatable bonds is 3. The molecule has 0 aliphatic carbocycles. The lowest BCUT2D eigenvalue weighted by Gasteiger charge is -2.21. The first-order chi connectivity index (χ1) is 6.97. The van der Waals surface area contributed by atoms with E-state index in [4.69, 9.17) is 18.0 Å². The summed E-state index contributed by atoms with van der Waals surface area (Å²) in [5, 5.41) is 18.6. The van der Waals surface area contributed by atoms with Gasteiger partial charge in [-0.1, -0.05) is 19.1 Å². The Morgan fingerprint density at radius 3 is 2.33 bits per heavy atom. The lowest BCUT2D eigenvalue weighted by atomic mass is 10.1. The Morgan fingerprint density at radius 1 is 1.53 bits per heavy atom. The molecule has 5 nitrogen and oxygen atoms in total. The van der Waals surface area contributed by atoms with Crippen molar-refractivity contribution in [2.75, 3.05) is 13.1 Å². The van der Waals surface area contributed by atoms with Gasteiger partial charge >= 0.3 is 0 Å². The van der Waals surface area contributed by atoms with E-state index < -0.39 is 18.1 Å². The quantitative estimate of drug-likeness (QED) is 0.536. The molecule has 3 atom stereocenters. The Kier molecular flexibility index (Phi) is 4.01. The number of carbonyl (C=O) groups excluding carboxylic acids is 1. The van der Waals surface area contributed by atoms with Gasteiger partial charge in [-0.05, 0) is 6.42 Å². The highest BCUT2D eigenvalue weighted by Gasteiger charge is 2.35. The molecule has 15 heavy (non-hydrogen) atoms. The number of carbonyl (C=O) groups is 1. The second kappa shape index (κ2) is 4.87. The van der Waals surface area contributed by atoms with Gasteiger partial charge in [0.25, 0.3) is 0 Å². The van der Waals surface area contributed by atoms with Gasteiger partial charge in [0.15, 0.2) is 0 Å². The third-order valence-corrected chi connectivity index (χ3v) is 2.91. The number of hydrogen-bond donors (Lipinski definition) is 3. The van der Waals surface area contributed by atoms with Crippen LogP contribution in [0.3, 0.4) is 0 Å². The van der Waals surface area contributed by atoms with E-state index in [2.05, 4.69) is 0 Å². The molecule has 0 bridgehead atoms. The van der Waals surface area contributed by atoms with Gasteiger partial charge in [0.05, 0.1) is 23.1 Å². The lowest BCUT2D eigenvalue weighted by molar-refractivity contribution is -0.132. The van der Waals surface area contributed by atoms with Crippen LogP contribution < -0.4 is 5.73 Å². The standard InChI is InChI=1S/C9H16N2O3S/c1-2-5(8(10)15)9(14)11-3-6(12)7(13)4-11/h5-7,12-13H,2-4H2,1H3,(H2,10,15). The summed E-state index contributed by atoms with van der Waals surface area (Å²) in [6, 6.07) is 0. The molecule has 1 amide bonds. The first kappa shape index (κ1) is 12.4. The monoisotopic (exact) mass is 232 g/mol. The molecule has 0 saturated carbocycles. The van der Waals surface area contributed by atoms with Crippen LogP contribution in [0.15, 0.2) is 0 Å². The fourth-order valence-electron chi connectivity index (χ4n) is 1.67. The zero-order chi connectivity index (χ0) is 11.6. The SMILES string of the molecule is CCC(C(=O)N1CC(O)C(O)C1)C(N)=S. The maximum absolute atomic E-state index is 11.8. The van der Waals surface area contributed by atoms with Crippen molar-refractivity contribution in [3.05, 3.63) is 0 Å². The van der Waals surface area contributed by atoms with Crippen LogP contribution in [-0.2, 0) is 4.79 Å². The van der Waals surface area contributed by atoms with Crippen LogP contribution in [0.1, 0.15) is 13.3 Å². The number of thiocarbonyl (C=S) groups is 1. The molecule has 1 heterocycles. The Labute approximate surface area is 93.9 Å². The highest BCUT2D eigenvalue weighted by atomic mass is 32.1. The topological polar surface area (TPSA) is 86.8 Å². The predicted octanol–water partition coefficient (Wildman–Crippen LogP) is -1.14. The first-order valence-corrected chi connectivity index (χ1v) is 5.32. The molecule has 0 radical (unpaired) electrons. The molecule has 1 aliphatic heterocycles. The van der Waals surface area contributed by atoms with Crippen LogP contribution in [0.2, 0.25) is 0 Å². The van der Waals surface area contributed by atoms with E-state index in [1.165, 1.54) is 4.90 Å². The molecular formula is C9H16N2O3S. The van der Waals surface area contributed by atoms with Crippen LogP contribution in [-0.4, -0.2) is 51.3 Å². The smallest absolute Gasteiger partial charge is 0.232 e. The molecule has 3 unspecified atom stereocenters. The van der Waals surface area contributed by atoms with E-state index in [9.17, 15) is 15.0 Å². The molecule has 0 aromatic heterocycles. The lowest BCUT2D eigenvalue weighted by Crippen LogP contribution is -2.40. The van der Waals surface area contributed by atoms with Gasteiger partial charge in [-0.25, -0.2) is 0 Å². The second-order valence-corrected chi connectivity index (χ2v) is 4.21. The third kappa shape index (κ3) is 2.64. The number of nitrogens with two attached hydrogens (primary N) is 1. The predicted molar refractivity (Wildman–Crippen MR) is 59.2 cm³/mol. The minimum Gasteiger partial charge on any atom is -0.393 e. The number of hydrogen-bond acceptors (Lipinski definition) is 4. The number of aliphatic hydroxyl groups excluding tert-OH is 2. The third-order valence-electron chi connectivity index (χ3n) is 2.62. The number of nitrogens with zero attached hydrogens (tertiary/aromatic N) is 1. The van der Waals surface area contributed by atoms with Crippen LogP contribution in [0, 0.1) is 5.92 Å². The molecule has 1 aliphatic rings. The summed E-state index contributed by atoms with van der Waals surface area (Å²) >= 11 is 4.79. The maximum atomic E-state index is 11.8. The number of β-amino-alcohol motifs (C(OH)–C–C–N with tert-alkyl or cyclic N) is 2. The summed E-state index contributed by atoms with van der Waals surface area (Å²) in [6.07, 6.45) is -1.19. The van der Waals surface area contributed by atoms with Crippen molar-refractivity contribution in [3.63, 3.8) is 0 Å². The molecule has 0 aromatic carbocycles. The van der Waals surface area contributed by atoms with Gasteiger partial charge in [-0.3, -0.25) is 4.79 Å². The average molecular weight is 232 g/mol. The summed E-state index contributed by atoms with van der Waals surface area (Å²) < 4.78 is 0.